The summed E-state index contributed by atoms with van der Waals surface area (Å²) in [7, 11) is 0. The molecule has 1 aromatic rings. The maximum Gasteiger partial charge on any atom is 0.0928 e. The highest BCUT2D eigenvalue weighted by atomic mass is 32.1. The summed E-state index contributed by atoms with van der Waals surface area (Å²) >= 11 is 1.79. The summed E-state index contributed by atoms with van der Waals surface area (Å²) in [4.78, 5) is 4.48. The van der Waals surface area contributed by atoms with Crippen LogP contribution in [-0.2, 0) is 6.42 Å². The Kier molecular flexibility index (Phi) is 3.65. The molecule has 1 aromatic heterocycles. The Labute approximate surface area is 102 Å². The maximum atomic E-state index is 4.48. The lowest BCUT2D eigenvalue weighted by atomic mass is 10.0. The number of rotatable bonds is 6. The lowest BCUT2D eigenvalue weighted by Crippen LogP contribution is -2.34. The van der Waals surface area contributed by atoms with Gasteiger partial charge in [-0.2, -0.15) is 0 Å². The van der Waals surface area contributed by atoms with Gasteiger partial charge in [-0.3, -0.25) is 0 Å². The standard InChI is InChI=1S/C13H22N2S/c1-10-9-16-12(15-10)5-4-8-14-11(2)13(3)6-7-13/h9,11,14H,4-8H2,1-3H3. The third-order valence-electron chi connectivity index (χ3n) is 3.77. The molecule has 2 rings (SSSR count). The van der Waals surface area contributed by atoms with Gasteiger partial charge in [-0.25, -0.2) is 4.98 Å². The number of hydrogen-bond donors (Lipinski definition) is 1. The van der Waals surface area contributed by atoms with Crippen molar-refractivity contribution in [1.82, 2.24) is 10.3 Å². The molecule has 0 radical (unpaired) electrons. The van der Waals surface area contributed by atoms with Gasteiger partial charge < -0.3 is 5.32 Å². The Balaban J connectivity index is 1.62. The Bertz CT molecular complexity index is 341. The molecule has 0 saturated heterocycles. The topological polar surface area (TPSA) is 24.9 Å². The third kappa shape index (κ3) is 3.05. The second kappa shape index (κ2) is 4.84. The lowest BCUT2D eigenvalue weighted by molar-refractivity contribution is 0.379. The summed E-state index contributed by atoms with van der Waals surface area (Å²) in [5.74, 6) is 0. The summed E-state index contributed by atoms with van der Waals surface area (Å²) < 4.78 is 0. The van der Waals surface area contributed by atoms with Crippen molar-refractivity contribution in [2.24, 2.45) is 5.41 Å². The van der Waals surface area contributed by atoms with Gasteiger partial charge in [-0.1, -0.05) is 6.92 Å². The van der Waals surface area contributed by atoms with Crippen molar-refractivity contribution in [2.75, 3.05) is 6.54 Å². The highest BCUT2D eigenvalue weighted by Crippen LogP contribution is 2.47. The number of nitrogens with zero attached hydrogens (tertiary/aromatic N) is 1. The molecule has 1 saturated carbocycles. The maximum absolute atomic E-state index is 4.48. The molecule has 90 valence electrons. The molecular formula is C13H22N2S. The second-order valence-corrected chi connectivity index (χ2v) is 6.26. The molecule has 1 unspecified atom stereocenters. The average Bonchev–Trinajstić information content (AvgIpc) is 2.87. The minimum Gasteiger partial charge on any atom is -0.314 e. The van der Waals surface area contributed by atoms with Crippen LogP contribution >= 0.6 is 11.3 Å². The Morgan fingerprint density at radius 3 is 2.88 bits per heavy atom. The van der Waals surface area contributed by atoms with Gasteiger partial charge in [-0.05, 0) is 45.1 Å². The van der Waals surface area contributed by atoms with Crippen LogP contribution in [0.15, 0.2) is 5.38 Å². The summed E-state index contributed by atoms with van der Waals surface area (Å²) in [5, 5.41) is 7.06. The van der Waals surface area contributed by atoms with Crippen LogP contribution in [-0.4, -0.2) is 17.6 Å². The first-order valence-electron chi connectivity index (χ1n) is 6.24. The van der Waals surface area contributed by atoms with Crippen LogP contribution in [0.4, 0.5) is 0 Å². The number of hydrogen-bond acceptors (Lipinski definition) is 3. The Morgan fingerprint density at radius 1 is 1.56 bits per heavy atom. The number of aryl methyl sites for hydroxylation is 2. The highest BCUT2D eigenvalue weighted by Gasteiger charge is 2.41. The van der Waals surface area contributed by atoms with E-state index in [2.05, 4.69) is 36.5 Å². The van der Waals surface area contributed by atoms with E-state index in [-0.39, 0.29) is 0 Å². The highest BCUT2D eigenvalue weighted by molar-refractivity contribution is 7.09. The summed E-state index contributed by atoms with van der Waals surface area (Å²) in [6.45, 7) is 7.89. The summed E-state index contributed by atoms with van der Waals surface area (Å²) in [5.41, 5.74) is 1.75. The van der Waals surface area contributed by atoms with Crippen molar-refractivity contribution in [3.05, 3.63) is 16.1 Å². The molecule has 1 aliphatic carbocycles. The molecule has 0 bridgehead atoms. The van der Waals surface area contributed by atoms with E-state index in [1.54, 1.807) is 11.3 Å². The monoisotopic (exact) mass is 238 g/mol. The Morgan fingerprint density at radius 2 is 2.31 bits per heavy atom. The fraction of sp³-hybridized carbons (Fsp3) is 0.769. The fourth-order valence-electron chi connectivity index (χ4n) is 1.95. The van der Waals surface area contributed by atoms with Crippen molar-refractivity contribution in [1.29, 1.82) is 0 Å². The number of thiazole rings is 1. The van der Waals surface area contributed by atoms with Gasteiger partial charge >= 0.3 is 0 Å². The van der Waals surface area contributed by atoms with E-state index in [4.69, 9.17) is 0 Å². The normalized spacial score (nSPS) is 19.7. The first-order valence-corrected chi connectivity index (χ1v) is 7.12. The largest absolute Gasteiger partial charge is 0.314 e. The zero-order valence-electron chi connectivity index (χ0n) is 10.5. The van der Waals surface area contributed by atoms with Crippen LogP contribution in [0.5, 0.6) is 0 Å². The van der Waals surface area contributed by atoms with Gasteiger partial charge in [0.1, 0.15) is 0 Å². The molecule has 0 spiro atoms. The lowest BCUT2D eigenvalue weighted by Gasteiger charge is -2.20. The first-order chi connectivity index (χ1) is 7.60. The van der Waals surface area contributed by atoms with Crippen molar-refractivity contribution in [3.63, 3.8) is 0 Å². The van der Waals surface area contributed by atoms with E-state index in [0.717, 1.165) is 18.7 Å². The molecular weight excluding hydrogens is 216 g/mol. The molecule has 0 aromatic carbocycles. The first kappa shape index (κ1) is 12.1. The number of aromatic nitrogens is 1. The summed E-state index contributed by atoms with van der Waals surface area (Å²) in [6, 6.07) is 0.672. The van der Waals surface area contributed by atoms with Crippen LogP contribution in [0, 0.1) is 12.3 Å². The zero-order valence-corrected chi connectivity index (χ0v) is 11.4. The molecule has 1 N–H and O–H groups in total. The smallest absolute Gasteiger partial charge is 0.0928 e. The van der Waals surface area contributed by atoms with E-state index >= 15 is 0 Å². The predicted octanol–water partition coefficient (Wildman–Crippen LogP) is 3.16. The van der Waals surface area contributed by atoms with Crippen molar-refractivity contribution < 1.29 is 0 Å². The molecule has 1 heterocycles. The predicted molar refractivity (Wildman–Crippen MR) is 70.0 cm³/mol. The molecule has 2 nitrogen and oxygen atoms in total. The molecule has 16 heavy (non-hydrogen) atoms. The minimum atomic E-state index is 0.595. The van der Waals surface area contributed by atoms with Crippen LogP contribution in [0.2, 0.25) is 0 Å². The minimum absolute atomic E-state index is 0.595. The fourth-order valence-corrected chi connectivity index (χ4v) is 2.77. The van der Waals surface area contributed by atoms with Gasteiger partial charge in [0, 0.05) is 23.5 Å². The van der Waals surface area contributed by atoms with Crippen molar-refractivity contribution in [3.8, 4) is 0 Å². The number of nitrogens with one attached hydrogen (secondary N) is 1. The SMILES string of the molecule is Cc1csc(CCCNC(C)C2(C)CC2)n1. The van der Waals surface area contributed by atoms with E-state index in [1.807, 2.05) is 0 Å². The average molecular weight is 238 g/mol. The van der Waals surface area contributed by atoms with E-state index < -0.39 is 0 Å². The second-order valence-electron chi connectivity index (χ2n) is 5.32. The van der Waals surface area contributed by atoms with E-state index in [9.17, 15) is 0 Å². The summed E-state index contributed by atoms with van der Waals surface area (Å²) in [6.07, 6.45) is 5.11. The van der Waals surface area contributed by atoms with Gasteiger partial charge in [0.25, 0.3) is 0 Å². The van der Waals surface area contributed by atoms with E-state index in [0.29, 0.717) is 11.5 Å². The van der Waals surface area contributed by atoms with Gasteiger partial charge in [-0.15, -0.1) is 11.3 Å². The van der Waals surface area contributed by atoms with Crippen molar-refractivity contribution in [2.45, 2.75) is 52.5 Å². The molecule has 0 aliphatic heterocycles. The van der Waals surface area contributed by atoms with Gasteiger partial charge in [0.05, 0.1) is 5.01 Å². The van der Waals surface area contributed by atoms with Gasteiger partial charge in [0.2, 0.25) is 0 Å². The van der Waals surface area contributed by atoms with Crippen LogP contribution in [0.25, 0.3) is 0 Å². The zero-order chi connectivity index (χ0) is 11.6. The van der Waals surface area contributed by atoms with E-state index in [1.165, 1.54) is 24.3 Å². The van der Waals surface area contributed by atoms with Crippen LogP contribution in [0.1, 0.15) is 43.8 Å². The quantitative estimate of drug-likeness (QED) is 0.770. The third-order valence-corrected chi connectivity index (χ3v) is 4.80. The van der Waals surface area contributed by atoms with Crippen LogP contribution < -0.4 is 5.32 Å². The molecule has 3 heteroatoms. The molecule has 0 amide bonds. The molecule has 1 aliphatic rings. The molecule has 1 atom stereocenters. The Hall–Kier alpha value is -0.410. The van der Waals surface area contributed by atoms with Gasteiger partial charge in [0.15, 0.2) is 0 Å². The molecule has 1 fully saturated rings. The van der Waals surface area contributed by atoms with Crippen molar-refractivity contribution >= 4 is 11.3 Å². The van der Waals surface area contributed by atoms with Crippen LogP contribution in [0.3, 0.4) is 0 Å².